The highest BCUT2D eigenvalue weighted by atomic mass is 32.1. The van der Waals surface area contributed by atoms with Crippen LogP contribution >= 0.6 is 11.3 Å². The lowest BCUT2D eigenvalue weighted by molar-refractivity contribution is -0.138. The van der Waals surface area contributed by atoms with Crippen LogP contribution in [0.4, 0.5) is 23.1 Å². The number of carbonyl (C=O) groups is 1. The van der Waals surface area contributed by atoms with Crippen molar-refractivity contribution in [2.75, 3.05) is 5.32 Å². The number of amides is 2. The Bertz CT molecular complexity index is 562. The zero-order chi connectivity index (χ0) is 17.9. The van der Waals surface area contributed by atoms with Gasteiger partial charge in [0.2, 0.25) is 10.1 Å². The van der Waals surface area contributed by atoms with Crippen LogP contribution in [0.25, 0.3) is 0 Å². The number of rotatable bonds is 3. The average molecular weight is 376 g/mol. The van der Waals surface area contributed by atoms with E-state index in [0.29, 0.717) is 11.3 Å². The predicted molar refractivity (Wildman–Crippen MR) is 89.5 cm³/mol. The van der Waals surface area contributed by atoms with Crippen LogP contribution in [0.1, 0.15) is 69.2 Å². The number of alkyl halides is 3. The lowest BCUT2D eigenvalue weighted by Crippen LogP contribution is -2.50. The van der Waals surface area contributed by atoms with Crippen LogP contribution in [-0.2, 0) is 6.18 Å². The van der Waals surface area contributed by atoms with Crippen molar-refractivity contribution in [1.82, 2.24) is 15.1 Å². The molecule has 0 aromatic carbocycles. The average Bonchev–Trinajstić information content (AvgIpc) is 3.06. The second kappa shape index (κ2) is 7.88. The zero-order valence-electron chi connectivity index (χ0n) is 14.0. The van der Waals surface area contributed by atoms with Gasteiger partial charge in [-0.2, -0.15) is 13.2 Å². The van der Waals surface area contributed by atoms with Crippen molar-refractivity contribution >= 4 is 22.5 Å². The summed E-state index contributed by atoms with van der Waals surface area (Å²) in [6.07, 6.45) is 6.08. The molecular weight excluding hydrogens is 353 g/mol. The number of halogens is 3. The van der Waals surface area contributed by atoms with E-state index < -0.39 is 11.2 Å². The Balaban J connectivity index is 1.72. The van der Waals surface area contributed by atoms with E-state index in [9.17, 15) is 18.0 Å². The molecule has 140 valence electrons. The molecule has 2 fully saturated rings. The smallest absolute Gasteiger partial charge is 0.319 e. The normalized spacial score (nSPS) is 20.4. The molecule has 5 nitrogen and oxygen atoms in total. The van der Waals surface area contributed by atoms with E-state index in [0.717, 1.165) is 51.4 Å². The highest BCUT2D eigenvalue weighted by Gasteiger charge is 2.37. The zero-order valence-corrected chi connectivity index (χ0v) is 14.8. The van der Waals surface area contributed by atoms with Crippen LogP contribution in [-0.4, -0.2) is 33.2 Å². The number of urea groups is 1. The molecule has 2 saturated carbocycles. The molecule has 0 atom stereocenters. The van der Waals surface area contributed by atoms with Gasteiger partial charge in [0.1, 0.15) is 0 Å². The quantitative estimate of drug-likeness (QED) is 0.802. The highest BCUT2D eigenvalue weighted by Crippen LogP contribution is 2.34. The molecule has 1 N–H and O–H groups in total. The molecule has 1 aromatic rings. The standard InChI is InChI=1S/C16H23F3N4OS/c17-16(18,19)13-21-22-14(25-13)20-15(24)23(11-7-3-1-4-8-11)12-9-5-2-6-10-12/h11-12H,1-10H2,(H,20,22,24). The maximum Gasteiger partial charge on any atom is 0.445 e. The molecule has 1 aromatic heterocycles. The first-order valence-electron chi connectivity index (χ1n) is 8.95. The van der Waals surface area contributed by atoms with Gasteiger partial charge in [0, 0.05) is 12.1 Å². The van der Waals surface area contributed by atoms with Crippen LogP contribution in [0.3, 0.4) is 0 Å². The number of anilines is 1. The van der Waals surface area contributed by atoms with Crippen molar-refractivity contribution in [3.63, 3.8) is 0 Å². The molecule has 2 aliphatic carbocycles. The van der Waals surface area contributed by atoms with Gasteiger partial charge >= 0.3 is 12.2 Å². The third kappa shape index (κ3) is 4.62. The summed E-state index contributed by atoms with van der Waals surface area (Å²) >= 11 is 0.373. The molecule has 2 aliphatic rings. The molecule has 1 heterocycles. The Hall–Kier alpha value is -1.38. The summed E-state index contributed by atoms with van der Waals surface area (Å²) in [7, 11) is 0. The number of nitrogens with one attached hydrogen (secondary N) is 1. The number of aromatic nitrogens is 2. The fraction of sp³-hybridized carbons (Fsp3) is 0.812. The van der Waals surface area contributed by atoms with Crippen molar-refractivity contribution in [3.05, 3.63) is 5.01 Å². The maximum absolute atomic E-state index is 12.8. The molecule has 0 aliphatic heterocycles. The highest BCUT2D eigenvalue weighted by molar-refractivity contribution is 7.15. The van der Waals surface area contributed by atoms with Crippen LogP contribution < -0.4 is 5.32 Å². The molecule has 25 heavy (non-hydrogen) atoms. The summed E-state index contributed by atoms with van der Waals surface area (Å²) < 4.78 is 38.0. The van der Waals surface area contributed by atoms with Crippen molar-refractivity contribution < 1.29 is 18.0 Å². The summed E-state index contributed by atoms with van der Waals surface area (Å²) in [4.78, 5) is 14.7. The second-order valence-corrected chi connectivity index (χ2v) is 7.81. The summed E-state index contributed by atoms with van der Waals surface area (Å²) in [6.45, 7) is 0. The fourth-order valence-electron chi connectivity index (χ4n) is 3.89. The minimum Gasteiger partial charge on any atom is -0.319 e. The Morgan fingerprint density at radius 2 is 1.48 bits per heavy atom. The van der Waals surface area contributed by atoms with Crippen molar-refractivity contribution in [2.24, 2.45) is 0 Å². The van der Waals surface area contributed by atoms with Crippen LogP contribution in [0.2, 0.25) is 0 Å². The Morgan fingerprint density at radius 3 is 1.92 bits per heavy atom. The first kappa shape index (κ1) is 18.4. The van der Waals surface area contributed by atoms with Gasteiger partial charge < -0.3 is 4.90 Å². The number of nitrogens with zero attached hydrogens (tertiary/aromatic N) is 3. The molecule has 0 bridgehead atoms. The third-order valence-corrected chi connectivity index (χ3v) is 5.94. The summed E-state index contributed by atoms with van der Waals surface area (Å²) in [6, 6.07) is 0.0161. The molecule has 0 radical (unpaired) electrons. The van der Waals surface area contributed by atoms with Gasteiger partial charge in [0.05, 0.1) is 0 Å². The van der Waals surface area contributed by atoms with E-state index in [1.165, 1.54) is 12.8 Å². The monoisotopic (exact) mass is 376 g/mol. The van der Waals surface area contributed by atoms with Gasteiger partial charge in [-0.05, 0) is 25.7 Å². The van der Waals surface area contributed by atoms with Crippen LogP contribution in [0.15, 0.2) is 0 Å². The van der Waals surface area contributed by atoms with Gasteiger partial charge in [-0.25, -0.2) is 4.79 Å². The van der Waals surface area contributed by atoms with E-state index >= 15 is 0 Å². The minimum atomic E-state index is -4.53. The summed E-state index contributed by atoms with van der Waals surface area (Å²) in [5.41, 5.74) is 0. The Morgan fingerprint density at radius 1 is 0.960 bits per heavy atom. The van der Waals surface area contributed by atoms with E-state index in [4.69, 9.17) is 0 Å². The summed E-state index contributed by atoms with van der Waals surface area (Å²) in [5, 5.41) is 8.06. The second-order valence-electron chi connectivity index (χ2n) is 6.83. The minimum absolute atomic E-state index is 0.0889. The topological polar surface area (TPSA) is 58.1 Å². The molecule has 0 spiro atoms. The van der Waals surface area contributed by atoms with Crippen LogP contribution in [0.5, 0.6) is 0 Å². The lowest BCUT2D eigenvalue weighted by atomic mass is 9.89. The van der Waals surface area contributed by atoms with E-state index in [1.54, 1.807) is 0 Å². The summed E-state index contributed by atoms with van der Waals surface area (Å²) in [5.74, 6) is 0. The van der Waals surface area contributed by atoms with E-state index in [1.807, 2.05) is 4.90 Å². The maximum atomic E-state index is 12.8. The molecule has 0 unspecified atom stereocenters. The first-order chi connectivity index (χ1) is 11.9. The van der Waals surface area contributed by atoms with Gasteiger partial charge in [-0.15, -0.1) is 10.2 Å². The fourth-order valence-corrected chi connectivity index (χ4v) is 4.49. The first-order valence-corrected chi connectivity index (χ1v) is 9.77. The van der Waals surface area contributed by atoms with Crippen molar-refractivity contribution in [3.8, 4) is 0 Å². The SMILES string of the molecule is O=C(Nc1nnc(C(F)(F)F)s1)N(C1CCCCC1)C1CCCCC1. The van der Waals surface area contributed by atoms with Crippen molar-refractivity contribution in [1.29, 1.82) is 0 Å². The van der Waals surface area contributed by atoms with E-state index in [2.05, 4.69) is 15.5 Å². The lowest BCUT2D eigenvalue weighted by Gasteiger charge is -2.41. The molecule has 3 rings (SSSR count). The Kier molecular flexibility index (Phi) is 5.81. The van der Waals surface area contributed by atoms with Crippen molar-refractivity contribution in [2.45, 2.75) is 82.5 Å². The van der Waals surface area contributed by atoms with Gasteiger partial charge in [-0.1, -0.05) is 49.9 Å². The predicted octanol–water partition coefficient (Wildman–Crippen LogP) is 5.06. The van der Waals surface area contributed by atoms with Gasteiger partial charge in [0.15, 0.2) is 0 Å². The number of hydrogen-bond donors (Lipinski definition) is 1. The molecular formula is C16H23F3N4OS. The third-order valence-electron chi connectivity index (χ3n) is 5.05. The van der Waals surface area contributed by atoms with E-state index in [-0.39, 0.29) is 23.2 Å². The largest absolute Gasteiger partial charge is 0.445 e. The Labute approximate surface area is 149 Å². The molecule has 0 saturated heterocycles. The number of carbonyl (C=O) groups excluding carboxylic acids is 1. The number of hydrogen-bond acceptors (Lipinski definition) is 4. The molecule has 9 heteroatoms. The van der Waals surface area contributed by atoms with Gasteiger partial charge in [0.25, 0.3) is 0 Å². The molecule has 2 amide bonds. The van der Waals surface area contributed by atoms with Crippen LogP contribution in [0, 0.1) is 0 Å². The van der Waals surface area contributed by atoms with Gasteiger partial charge in [-0.3, -0.25) is 5.32 Å².